The first-order chi connectivity index (χ1) is 8.84. The summed E-state index contributed by atoms with van der Waals surface area (Å²) < 4.78 is 1.78. The molecule has 0 radical (unpaired) electrons. The molecule has 1 rings (SSSR count). The van der Waals surface area contributed by atoms with Crippen molar-refractivity contribution >= 4 is 5.95 Å². The zero-order chi connectivity index (χ0) is 13.1. The molecule has 0 bridgehead atoms. The van der Waals surface area contributed by atoms with Gasteiger partial charge in [-0.25, -0.2) is 9.67 Å². The van der Waals surface area contributed by atoms with Gasteiger partial charge in [0.2, 0.25) is 5.95 Å². The van der Waals surface area contributed by atoms with E-state index in [-0.39, 0.29) is 0 Å². The van der Waals surface area contributed by atoms with E-state index in [2.05, 4.69) is 17.0 Å². The molecule has 4 heteroatoms. The van der Waals surface area contributed by atoms with Gasteiger partial charge < -0.3 is 5.73 Å². The highest BCUT2D eigenvalue weighted by Gasteiger charge is 1.98. The van der Waals surface area contributed by atoms with Crippen molar-refractivity contribution in [3.8, 4) is 0 Å². The van der Waals surface area contributed by atoms with Crippen LogP contribution in [0.5, 0.6) is 0 Å². The van der Waals surface area contributed by atoms with Crippen molar-refractivity contribution in [2.75, 3.05) is 5.73 Å². The third-order valence-corrected chi connectivity index (χ3v) is 3.37. The third-order valence-electron chi connectivity index (χ3n) is 3.37. The van der Waals surface area contributed by atoms with Gasteiger partial charge >= 0.3 is 0 Å². The van der Waals surface area contributed by atoms with Gasteiger partial charge in [0, 0.05) is 6.54 Å². The minimum Gasteiger partial charge on any atom is -0.368 e. The van der Waals surface area contributed by atoms with Crippen LogP contribution >= 0.6 is 0 Å². The fourth-order valence-electron chi connectivity index (χ4n) is 2.19. The lowest BCUT2D eigenvalue weighted by Crippen LogP contribution is -2.05. The smallest absolute Gasteiger partial charge is 0.218 e. The maximum atomic E-state index is 5.65. The molecule has 0 saturated heterocycles. The number of rotatable bonds is 11. The van der Waals surface area contributed by atoms with Gasteiger partial charge in [-0.3, -0.25) is 0 Å². The summed E-state index contributed by atoms with van der Waals surface area (Å²) in [5.41, 5.74) is 5.65. The summed E-state index contributed by atoms with van der Waals surface area (Å²) in [6.07, 6.45) is 15.0. The second-order valence-corrected chi connectivity index (χ2v) is 5.02. The molecule has 0 saturated carbocycles. The number of hydrogen-bond donors (Lipinski definition) is 1. The van der Waals surface area contributed by atoms with E-state index in [1.165, 1.54) is 64.1 Å². The maximum Gasteiger partial charge on any atom is 0.218 e. The van der Waals surface area contributed by atoms with Crippen molar-refractivity contribution in [3.63, 3.8) is 0 Å². The van der Waals surface area contributed by atoms with Gasteiger partial charge in [-0.2, -0.15) is 5.10 Å². The third kappa shape index (κ3) is 6.62. The molecule has 1 aromatic rings. The second kappa shape index (κ2) is 9.92. The monoisotopic (exact) mass is 252 g/mol. The normalized spacial score (nSPS) is 10.9. The molecule has 104 valence electrons. The molecule has 4 nitrogen and oxygen atoms in total. The summed E-state index contributed by atoms with van der Waals surface area (Å²) in [7, 11) is 0. The van der Waals surface area contributed by atoms with Crippen LogP contribution in [0.15, 0.2) is 6.33 Å². The van der Waals surface area contributed by atoms with Crippen LogP contribution in [0.3, 0.4) is 0 Å². The SMILES string of the molecule is CCCCCCCCCCCCn1ncnc1N. The van der Waals surface area contributed by atoms with Gasteiger partial charge in [0.25, 0.3) is 0 Å². The minimum absolute atomic E-state index is 0.533. The largest absolute Gasteiger partial charge is 0.368 e. The number of aromatic nitrogens is 3. The average molecular weight is 252 g/mol. The van der Waals surface area contributed by atoms with E-state index in [0.29, 0.717) is 5.95 Å². The first kappa shape index (κ1) is 15.0. The molecule has 0 unspecified atom stereocenters. The van der Waals surface area contributed by atoms with E-state index in [9.17, 15) is 0 Å². The number of nitrogens with zero attached hydrogens (tertiary/aromatic N) is 3. The van der Waals surface area contributed by atoms with Gasteiger partial charge in [0.1, 0.15) is 6.33 Å². The molecule has 2 N–H and O–H groups in total. The molecular formula is C14H28N4. The van der Waals surface area contributed by atoms with Crippen molar-refractivity contribution in [2.45, 2.75) is 77.7 Å². The fourth-order valence-corrected chi connectivity index (χ4v) is 2.19. The first-order valence-corrected chi connectivity index (χ1v) is 7.48. The Labute approximate surface area is 111 Å². The molecule has 0 amide bonds. The van der Waals surface area contributed by atoms with Gasteiger partial charge in [-0.15, -0.1) is 0 Å². The van der Waals surface area contributed by atoms with Crippen LogP contribution in [0, 0.1) is 0 Å². The van der Waals surface area contributed by atoms with E-state index in [1.54, 1.807) is 4.68 Å². The first-order valence-electron chi connectivity index (χ1n) is 7.48. The quantitative estimate of drug-likeness (QED) is 0.610. The van der Waals surface area contributed by atoms with E-state index in [4.69, 9.17) is 5.73 Å². The Morgan fingerprint density at radius 1 is 0.944 bits per heavy atom. The molecule has 1 aromatic heterocycles. The van der Waals surface area contributed by atoms with Gasteiger partial charge in [0.15, 0.2) is 0 Å². The van der Waals surface area contributed by atoms with Crippen molar-refractivity contribution < 1.29 is 0 Å². The summed E-state index contributed by atoms with van der Waals surface area (Å²) in [6.45, 7) is 3.17. The molecule has 18 heavy (non-hydrogen) atoms. The van der Waals surface area contributed by atoms with E-state index in [0.717, 1.165) is 13.0 Å². The molecule has 0 fully saturated rings. The number of nitrogens with two attached hydrogens (primary N) is 1. The topological polar surface area (TPSA) is 56.7 Å². The lowest BCUT2D eigenvalue weighted by molar-refractivity contribution is 0.518. The highest BCUT2D eigenvalue weighted by Crippen LogP contribution is 2.11. The average Bonchev–Trinajstić information content (AvgIpc) is 2.77. The molecule has 0 aliphatic rings. The molecule has 0 aliphatic heterocycles. The van der Waals surface area contributed by atoms with E-state index in [1.807, 2.05) is 0 Å². The van der Waals surface area contributed by atoms with Crippen LogP contribution in [0.2, 0.25) is 0 Å². The zero-order valence-electron chi connectivity index (χ0n) is 11.8. The van der Waals surface area contributed by atoms with Crippen LogP contribution in [-0.2, 0) is 6.54 Å². The number of nitrogen functional groups attached to an aromatic ring is 1. The number of unbranched alkanes of at least 4 members (excludes halogenated alkanes) is 9. The maximum absolute atomic E-state index is 5.65. The Kier molecular flexibility index (Phi) is 8.26. The molecular weight excluding hydrogens is 224 g/mol. The van der Waals surface area contributed by atoms with Crippen LogP contribution in [0.4, 0.5) is 5.95 Å². The summed E-state index contributed by atoms with van der Waals surface area (Å²) >= 11 is 0. The van der Waals surface area contributed by atoms with Crippen molar-refractivity contribution in [3.05, 3.63) is 6.33 Å². The Hall–Kier alpha value is -1.06. The Morgan fingerprint density at radius 2 is 1.50 bits per heavy atom. The molecule has 0 atom stereocenters. The van der Waals surface area contributed by atoms with Crippen molar-refractivity contribution in [1.29, 1.82) is 0 Å². The predicted octanol–water partition coefficient (Wildman–Crippen LogP) is 3.78. The number of aryl methyl sites for hydroxylation is 1. The summed E-state index contributed by atoms with van der Waals surface area (Å²) in [4.78, 5) is 3.91. The Morgan fingerprint density at radius 3 is 2.00 bits per heavy atom. The second-order valence-electron chi connectivity index (χ2n) is 5.02. The predicted molar refractivity (Wildman–Crippen MR) is 76.3 cm³/mol. The lowest BCUT2D eigenvalue weighted by Gasteiger charge is -2.03. The lowest BCUT2D eigenvalue weighted by atomic mass is 10.1. The molecule has 0 aromatic carbocycles. The standard InChI is InChI=1S/C14H28N4/c1-2-3-4-5-6-7-8-9-10-11-12-18-14(15)16-13-17-18/h13H,2-12H2,1H3,(H2,15,16,17). The molecule has 1 heterocycles. The molecule has 0 aliphatic carbocycles. The minimum atomic E-state index is 0.533. The van der Waals surface area contributed by atoms with Crippen molar-refractivity contribution in [1.82, 2.24) is 14.8 Å². The van der Waals surface area contributed by atoms with Gasteiger partial charge in [-0.1, -0.05) is 64.7 Å². The highest BCUT2D eigenvalue weighted by molar-refractivity contribution is 5.11. The molecule has 0 spiro atoms. The summed E-state index contributed by atoms with van der Waals surface area (Å²) in [5, 5.41) is 4.07. The number of hydrogen-bond acceptors (Lipinski definition) is 3. The Balaban J connectivity index is 1.83. The summed E-state index contributed by atoms with van der Waals surface area (Å²) in [5.74, 6) is 0.533. The van der Waals surface area contributed by atoms with Crippen LogP contribution in [-0.4, -0.2) is 14.8 Å². The van der Waals surface area contributed by atoms with Crippen molar-refractivity contribution in [2.24, 2.45) is 0 Å². The number of anilines is 1. The van der Waals surface area contributed by atoms with E-state index < -0.39 is 0 Å². The highest BCUT2D eigenvalue weighted by atomic mass is 15.4. The van der Waals surface area contributed by atoms with E-state index >= 15 is 0 Å². The Bertz CT molecular complexity index is 296. The van der Waals surface area contributed by atoms with Gasteiger partial charge in [0.05, 0.1) is 0 Å². The van der Waals surface area contributed by atoms with Crippen LogP contribution < -0.4 is 5.73 Å². The fraction of sp³-hybridized carbons (Fsp3) is 0.857. The summed E-state index contributed by atoms with van der Waals surface area (Å²) in [6, 6.07) is 0. The zero-order valence-corrected chi connectivity index (χ0v) is 11.8. The van der Waals surface area contributed by atoms with Crippen LogP contribution in [0.1, 0.15) is 71.1 Å². The van der Waals surface area contributed by atoms with Crippen LogP contribution in [0.25, 0.3) is 0 Å². The van der Waals surface area contributed by atoms with Gasteiger partial charge in [-0.05, 0) is 6.42 Å².